The molecule has 0 heterocycles. The molecule has 1 aliphatic rings. The monoisotopic (exact) mass is 216 g/mol. The SMILES string of the molecule is C[C@H](C(=O)C1CCCCC1)c1ccccc1. The largest absolute Gasteiger partial charge is 0.299 e. The van der Waals surface area contributed by atoms with Crippen molar-refractivity contribution < 1.29 is 4.79 Å². The van der Waals surface area contributed by atoms with Gasteiger partial charge >= 0.3 is 0 Å². The molecule has 0 aromatic heterocycles. The molecule has 0 bridgehead atoms. The highest BCUT2D eigenvalue weighted by Crippen LogP contribution is 2.29. The van der Waals surface area contributed by atoms with Gasteiger partial charge < -0.3 is 0 Å². The van der Waals surface area contributed by atoms with Gasteiger partial charge in [-0.2, -0.15) is 0 Å². The summed E-state index contributed by atoms with van der Waals surface area (Å²) in [6, 6.07) is 10.2. The minimum absolute atomic E-state index is 0.0734. The van der Waals surface area contributed by atoms with Crippen LogP contribution in [0.2, 0.25) is 0 Å². The van der Waals surface area contributed by atoms with Gasteiger partial charge in [-0.3, -0.25) is 4.79 Å². The summed E-state index contributed by atoms with van der Waals surface area (Å²) in [6.07, 6.45) is 5.99. The predicted octanol–water partition coefficient (Wildman–Crippen LogP) is 3.94. The predicted molar refractivity (Wildman–Crippen MR) is 66.4 cm³/mol. The van der Waals surface area contributed by atoms with Crippen molar-refractivity contribution in [2.45, 2.75) is 44.9 Å². The molecule has 0 saturated heterocycles. The van der Waals surface area contributed by atoms with Crippen LogP contribution in [0.3, 0.4) is 0 Å². The van der Waals surface area contributed by atoms with Gasteiger partial charge in [0.05, 0.1) is 0 Å². The van der Waals surface area contributed by atoms with Crippen molar-refractivity contribution in [2.24, 2.45) is 5.92 Å². The number of carbonyl (C=O) groups is 1. The normalized spacial score (nSPS) is 19.3. The van der Waals surface area contributed by atoms with Crippen molar-refractivity contribution in [3.63, 3.8) is 0 Å². The van der Waals surface area contributed by atoms with E-state index in [0.29, 0.717) is 11.7 Å². The molecular formula is C15H20O. The highest BCUT2D eigenvalue weighted by Gasteiger charge is 2.25. The van der Waals surface area contributed by atoms with E-state index in [1.165, 1.54) is 19.3 Å². The summed E-state index contributed by atoms with van der Waals surface area (Å²) in [5, 5.41) is 0. The van der Waals surface area contributed by atoms with E-state index >= 15 is 0 Å². The van der Waals surface area contributed by atoms with Gasteiger partial charge in [0.2, 0.25) is 0 Å². The standard InChI is InChI=1S/C15H20O/c1-12(13-8-4-2-5-9-13)15(16)14-10-6-3-7-11-14/h2,4-5,8-9,12,14H,3,6-7,10-11H2,1H3/t12-/m0/s1. The van der Waals surface area contributed by atoms with Crippen LogP contribution >= 0.6 is 0 Å². The second-order valence-electron chi connectivity index (χ2n) is 4.87. The minimum atomic E-state index is 0.0734. The van der Waals surface area contributed by atoms with E-state index in [0.717, 1.165) is 18.4 Å². The third kappa shape index (κ3) is 2.52. The average molecular weight is 216 g/mol. The first-order valence-electron chi connectivity index (χ1n) is 6.37. The number of ketones is 1. The van der Waals surface area contributed by atoms with Crippen LogP contribution in [0.4, 0.5) is 0 Å². The minimum Gasteiger partial charge on any atom is -0.299 e. The average Bonchev–Trinajstić information content (AvgIpc) is 2.39. The number of hydrogen-bond acceptors (Lipinski definition) is 1. The van der Waals surface area contributed by atoms with Gasteiger partial charge in [0.1, 0.15) is 5.78 Å². The van der Waals surface area contributed by atoms with E-state index in [1.807, 2.05) is 25.1 Å². The first-order valence-corrected chi connectivity index (χ1v) is 6.37. The molecule has 1 atom stereocenters. The Bertz CT molecular complexity index is 336. The van der Waals surface area contributed by atoms with Gasteiger partial charge in [0, 0.05) is 11.8 Å². The Morgan fingerprint density at radius 3 is 2.38 bits per heavy atom. The molecule has 1 aromatic carbocycles. The van der Waals surface area contributed by atoms with Crippen LogP contribution in [0.25, 0.3) is 0 Å². The topological polar surface area (TPSA) is 17.1 Å². The molecule has 1 heteroatoms. The van der Waals surface area contributed by atoms with Gasteiger partial charge in [-0.25, -0.2) is 0 Å². The van der Waals surface area contributed by atoms with Gasteiger partial charge in [0.15, 0.2) is 0 Å². The lowest BCUT2D eigenvalue weighted by Crippen LogP contribution is -2.22. The van der Waals surface area contributed by atoms with Crippen molar-refractivity contribution in [3.8, 4) is 0 Å². The number of hydrogen-bond donors (Lipinski definition) is 0. The fraction of sp³-hybridized carbons (Fsp3) is 0.533. The van der Waals surface area contributed by atoms with Gasteiger partial charge in [0.25, 0.3) is 0 Å². The molecule has 0 amide bonds. The maximum atomic E-state index is 12.3. The lowest BCUT2D eigenvalue weighted by molar-refractivity contribution is -0.124. The second-order valence-corrected chi connectivity index (χ2v) is 4.87. The van der Waals surface area contributed by atoms with Crippen molar-refractivity contribution in [1.29, 1.82) is 0 Å². The molecule has 1 nitrogen and oxygen atoms in total. The zero-order valence-electron chi connectivity index (χ0n) is 9.99. The Hall–Kier alpha value is -1.11. The van der Waals surface area contributed by atoms with Crippen LogP contribution < -0.4 is 0 Å². The van der Waals surface area contributed by atoms with Crippen LogP contribution in [0.15, 0.2) is 30.3 Å². The summed E-state index contributed by atoms with van der Waals surface area (Å²) < 4.78 is 0. The van der Waals surface area contributed by atoms with Crippen LogP contribution in [-0.2, 0) is 4.79 Å². The molecule has 1 fully saturated rings. The lowest BCUT2D eigenvalue weighted by atomic mass is 9.80. The van der Waals surface area contributed by atoms with Crippen LogP contribution in [-0.4, -0.2) is 5.78 Å². The molecule has 16 heavy (non-hydrogen) atoms. The van der Waals surface area contributed by atoms with Gasteiger partial charge in [-0.15, -0.1) is 0 Å². The highest BCUT2D eigenvalue weighted by atomic mass is 16.1. The first kappa shape index (κ1) is 11.4. The quantitative estimate of drug-likeness (QED) is 0.748. The van der Waals surface area contributed by atoms with E-state index in [4.69, 9.17) is 0 Å². The van der Waals surface area contributed by atoms with E-state index in [1.54, 1.807) is 0 Å². The molecule has 1 saturated carbocycles. The summed E-state index contributed by atoms with van der Waals surface area (Å²) in [4.78, 5) is 12.3. The zero-order chi connectivity index (χ0) is 11.4. The van der Waals surface area contributed by atoms with Crippen molar-refractivity contribution in [1.82, 2.24) is 0 Å². The molecular weight excluding hydrogens is 196 g/mol. The molecule has 2 rings (SSSR count). The summed E-state index contributed by atoms with van der Waals surface area (Å²) in [7, 11) is 0. The Morgan fingerprint density at radius 1 is 1.12 bits per heavy atom. The highest BCUT2D eigenvalue weighted by molar-refractivity contribution is 5.87. The van der Waals surface area contributed by atoms with Crippen LogP contribution in [0.1, 0.15) is 50.5 Å². The molecule has 0 radical (unpaired) electrons. The maximum absolute atomic E-state index is 12.3. The summed E-state index contributed by atoms with van der Waals surface area (Å²) in [5.74, 6) is 0.846. The maximum Gasteiger partial charge on any atom is 0.143 e. The van der Waals surface area contributed by atoms with E-state index in [9.17, 15) is 4.79 Å². The molecule has 0 unspecified atom stereocenters. The van der Waals surface area contributed by atoms with Crippen molar-refractivity contribution in [2.75, 3.05) is 0 Å². The Kier molecular flexibility index (Phi) is 3.76. The molecule has 1 aromatic rings. The molecule has 86 valence electrons. The fourth-order valence-electron chi connectivity index (χ4n) is 2.65. The van der Waals surface area contributed by atoms with Gasteiger partial charge in [-0.05, 0) is 18.4 Å². The summed E-state index contributed by atoms with van der Waals surface area (Å²) in [5.41, 5.74) is 1.16. The van der Waals surface area contributed by atoms with E-state index in [-0.39, 0.29) is 5.92 Å². The molecule has 1 aliphatic carbocycles. The molecule has 0 aliphatic heterocycles. The fourth-order valence-corrected chi connectivity index (χ4v) is 2.65. The summed E-state index contributed by atoms with van der Waals surface area (Å²) >= 11 is 0. The summed E-state index contributed by atoms with van der Waals surface area (Å²) in [6.45, 7) is 2.05. The second kappa shape index (κ2) is 5.29. The Morgan fingerprint density at radius 2 is 1.75 bits per heavy atom. The molecule has 0 N–H and O–H groups in total. The Balaban J connectivity index is 2.04. The first-order chi connectivity index (χ1) is 7.79. The number of rotatable bonds is 3. The Labute approximate surface area is 97.9 Å². The number of carbonyl (C=O) groups excluding carboxylic acids is 1. The van der Waals surface area contributed by atoms with Crippen molar-refractivity contribution in [3.05, 3.63) is 35.9 Å². The van der Waals surface area contributed by atoms with E-state index in [2.05, 4.69) is 12.1 Å². The van der Waals surface area contributed by atoms with E-state index < -0.39 is 0 Å². The van der Waals surface area contributed by atoms with Crippen LogP contribution in [0, 0.1) is 5.92 Å². The van der Waals surface area contributed by atoms with Gasteiger partial charge in [-0.1, -0.05) is 56.5 Å². The van der Waals surface area contributed by atoms with Crippen LogP contribution in [0.5, 0.6) is 0 Å². The molecule has 0 spiro atoms. The third-order valence-corrected chi connectivity index (χ3v) is 3.73. The third-order valence-electron chi connectivity index (χ3n) is 3.73. The number of Topliss-reactive ketones (excluding diaryl/α,β-unsaturated/α-hetero) is 1. The smallest absolute Gasteiger partial charge is 0.143 e. The zero-order valence-corrected chi connectivity index (χ0v) is 9.99. The lowest BCUT2D eigenvalue weighted by Gasteiger charge is -2.23. The number of benzene rings is 1. The van der Waals surface area contributed by atoms with Crippen molar-refractivity contribution >= 4 is 5.78 Å².